The van der Waals surface area contributed by atoms with E-state index in [1.807, 2.05) is 0 Å². The Bertz CT molecular complexity index is 999. The van der Waals surface area contributed by atoms with Gasteiger partial charge in [0.15, 0.2) is 10.3 Å². The van der Waals surface area contributed by atoms with E-state index in [1.165, 1.54) is 32.5 Å². The van der Waals surface area contributed by atoms with Crippen molar-refractivity contribution >= 4 is 56.6 Å². The molecule has 0 saturated heterocycles. The van der Waals surface area contributed by atoms with Gasteiger partial charge >= 0.3 is 17.1 Å². The van der Waals surface area contributed by atoms with Gasteiger partial charge < -0.3 is 20.4 Å². The molecular formula is C24H30CuN6S2+. The van der Waals surface area contributed by atoms with Crippen molar-refractivity contribution in [3.63, 3.8) is 0 Å². The van der Waals surface area contributed by atoms with E-state index in [9.17, 15) is 0 Å². The summed E-state index contributed by atoms with van der Waals surface area (Å²) in [5.41, 5.74) is 5.09. The van der Waals surface area contributed by atoms with Crippen molar-refractivity contribution in [2.24, 2.45) is 9.98 Å². The van der Waals surface area contributed by atoms with E-state index in [0.29, 0.717) is 12.1 Å². The minimum atomic E-state index is 0. The van der Waals surface area contributed by atoms with Crippen LogP contribution in [-0.4, -0.2) is 48.6 Å². The standard InChI is InChI=1S/2C12H15N3S.Cu/c2*1-8(2)14-9-4-3-5-10-11(9)16-12-13-6-7-15(10)12;/h2*3-5,8,14H,6-7H2,1-2H3;/q;;+1. The van der Waals surface area contributed by atoms with Crippen LogP contribution in [0.5, 0.6) is 0 Å². The van der Waals surface area contributed by atoms with Gasteiger partial charge in [-0.1, -0.05) is 12.1 Å². The van der Waals surface area contributed by atoms with Crippen molar-refractivity contribution in [3.05, 3.63) is 36.4 Å². The fourth-order valence-corrected chi connectivity index (χ4v) is 6.51. The van der Waals surface area contributed by atoms with Gasteiger partial charge in [0.05, 0.1) is 45.6 Å². The van der Waals surface area contributed by atoms with Crippen LogP contribution in [0.3, 0.4) is 0 Å². The van der Waals surface area contributed by atoms with E-state index >= 15 is 0 Å². The molecule has 4 heterocycles. The number of benzene rings is 2. The predicted octanol–water partition coefficient (Wildman–Crippen LogP) is 5.57. The molecule has 0 aliphatic carbocycles. The Morgan fingerprint density at radius 2 is 1.15 bits per heavy atom. The largest absolute Gasteiger partial charge is 1.00 e. The smallest absolute Gasteiger partial charge is 0.382 e. The molecule has 2 N–H and O–H groups in total. The first kappa shape index (κ1) is 24.3. The summed E-state index contributed by atoms with van der Waals surface area (Å²) < 4.78 is 0. The fourth-order valence-electron chi connectivity index (χ4n) is 4.20. The average Bonchev–Trinajstić information content (AvgIpc) is 3.49. The topological polar surface area (TPSA) is 55.3 Å². The number of rotatable bonds is 4. The van der Waals surface area contributed by atoms with E-state index in [4.69, 9.17) is 0 Å². The molecule has 4 aliphatic rings. The Hall–Kier alpha value is -1.80. The zero-order chi connectivity index (χ0) is 22.2. The van der Waals surface area contributed by atoms with Crippen LogP contribution >= 0.6 is 23.5 Å². The van der Waals surface area contributed by atoms with Gasteiger partial charge in [-0.15, -0.1) is 0 Å². The number of anilines is 4. The van der Waals surface area contributed by atoms with Crippen molar-refractivity contribution in [2.45, 2.75) is 49.6 Å². The first-order valence-corrected chi connectivity index (χ1v) is 12.9. The summed E-state index contributed by atoms with van der Waals surface area (Å²) in [7, 11) is 0. The summed E-state index contributed by atoms with van der Waals surface area (Å²) in [5, 5.41) is 9.30. The molecule has 0 saturated carbocycles. The van der Waals surface area contributed by atoms with Gasteiger partial charge in [0, 0.05) is 25.2 Å². The van der Waals surface area contributed by atoms with E-state index < -0.39 is 0 Å². The molecule has 0 atom stereocenters. The summed E-state index contributed by atoms with van der Waals surface area (Å²) in [4.78, 5) is 16.3. The van der Waals surface area contributed by atoms with E-state index in [-0.39, 0.29) is 17.1 Å². The molecule has 33 heavy (non-hydrogen) atoms. The molecule has 9 heteroatoms. The molecule has 6 nitrogen and oxygen atoms in total. The van der Waals surface area contributed by atoms with Crippen molar-refractivity contribution in [1.29, 1.82) is 0 Å². The van der Waals surface area contributed by atoms with Crippen LogP contribution in [0.2, 0.25) is 0 Å². The molecule has 2 aromatic rings. The Labute approximate surface area is 215 Å². The fraction of sp³-hybridized carbons (Fsp3) is 0.417. The third-order valence-electron chi connectivity index (χ3n) is 5.45. The van der Waals surface area contributed by atoms with Crippen LogP contribution in [0.1, 0.15) is 27.7 Å². The summed E-state index contributed by atoms with van der Waals surface area (Å²) in [6, 6.07) is 13.8. The van der Waals surface area contributed by atoms with Gasteiger partial charge in [-0.3, -0.25) is 9.98 Å². The average molecular weight is 530 g/mol. The second-order valence-electron chi connectivity index (χ2n) is 8.74. The molecule has 0 amide bonds. The molecule has 0 spiro atoms. The normalized spacial score (nSPS) is 16.9. The molecular weight excluding hydrogens is 500 g/mol. The third kappa shape index (κ3) is 4.87. The number of fused-ring (bicyclic) bond motifs is 6. The van der Waals surface area contributed by atoms with Gasteiger partial charge in [0.2, 0.25) is 0 Å². The third-order valence-corrected chi connectivity index (χ3v) is 7.78. The van der Waals surface area contributed by atoms with Crippen LogP contribution < -0.4 is 20.4 Å². The van der Waals surface area contributed by atoms with Gasteiger partial charge in [-0.2, -0.15) is 0 Å². The van der Waals surface area contributed by atoms with Crippen molar-refractivity contribution < 1.29 is 17.1 Å². The van der Waals surface area contributed by atoms with E-state index in [1.54, 1.807) is 23.5 Å². The maximum absolute atomic E-state index is 4.51. The molecule has 0 radical (unpaired) electrons. The Morgan fingerprint density at radius 1 is 0.727 bits per heavy atom. The second kappa shape index (κ2) is 10.2. The molecule has 0 bridgehead atoms. The van der Waals surface area contributed by atoms with Crippen LogP contribution in [0.25, 0.3) is 0 Å². The number of aliphatic imine (C=N–C) groups is 2. The second-order valence-corrected chi connectivity index (χ2v) is 10.7. The minimum absolute atomic E-state index is 0. The van der Waals surface area contributed by atoms with Crippen LogP contribution in [0.4, 0.5) is 22.7 Å². The monoisotopic (exact) mass is 529 g/mol. The minimum Gasteiger partial charge on any atom is -0.382 e. The summed E-state index contributed by atoms with van der Waals surface area (Å²) in [6.07, 6.45) is 0. The summed E-state index contributed by atoms with van der Waals surface area (Å²) in [6.45, 7) is 12.6. The van der Waals surface area contributed by atoms with Crippen LogP contribution in [0.15, 0.2) is 56.2 Å². The van der Waals surface area contributed by atoms with Crippen LogP contribution in [-0.2, 0) is 17.1 Å². The quantitative estimate of drug-likeness (QED) is 0.505. The van der Waals surface area contributed by atoms with E-state index in [2.05, 4.69) is 94.5 Å². The van der Waals surface area contributed by atoms with Crippen molar-refractivity contribution in [3.8, 4) is 0 Å². The molecule has 178 valence electrons. The molecule has 4 aliphatic heterocycles. The number of nitrogens with one attached hydrogen (secondary N) is 2. The number of hydrogen-bond donors (Lipinski definition) is 2. The molecule has 0 unspecified atom stereocenters. The van der Waals surface area contributed by atoms with Gasteiger partial charge in [-0.05, 0) is 75.5 Å². The van der Waals surface area contributed by atoms with Gasteiger partial charge in [0.25, 0.3) is 0 Å². The van der Waals surface area contributed by atoms with Crippen molar-refractivity contribution in [2.75, 3.05) is 46.6 Å². The zero-order valence-corrected chi connectivity index (χ0v) is 21.9. The summed E-state index contributed by atoms with van der Waals surface area (Å²) in [5.74, 6) is 0. The Balaban J connectivity index is 0.000000152. The number of thioether (sulfide) groups is 2. The number of hydrogen-bond acceptors (Lipinski definition) is 8. The van der Waals surface area contributed by atoms with E-state index in [0.717, 1.165) is 36.5 Å². The SMILES string of the molecule is CC(C)Nc1cccc2c1SC1=NCCN12.CC(C)Nc1cccc2c1SC1=NCCN12.[Cu+]. The van der Waals surface area contributed by atoms with Crippen molar-refractivity contribution in [1.82, 2.24) is 0 Å². The Morgan fingerprint density at radius 3 is 1.55 bits per heavy atom. The summed E-state index contributed by atoms with van der Waals surface area (Å²) >= 11 is 3.58. The van der Waals surface area contributed by atoms with Crippen LogP contribution in [0, 0.1) is 0 Å². The zero-order valence-electron chi connectivity index (χ0n) is 19.4. The molecule has 6 rings (SSSR count). The Kier molecular flexibility index (Phi) is 7.53. The molecule has 0 aromatic heterocycles. The molecule has 2 aromatic carbocycles. The number of amidine groups is 2. The first-order chi connectivity index (χ1) is 15.5. The van der Waals surface area contributed by atoms with Gasteiger partial charge in [0.1, 0.15) is 0 Å². The number of nitrogens with zero attached hydrogens (tertiary/aromatic N) is 4. The van der Waals surface area contributed by atoms with Gasteiger partial charge in [-0.25, -0.2) is 0 Å². The maximum atomic E-state index is 4.51. The predicted molar refractivity (Wildman–Crippen MR) is 141 cm³/mol. The maximum Gasteiger partial charge on any atom is 1.00 e. The molecule has 0 fully saturated rings. The first-order valence-electron chi connectivity index (χ1n) is 11.3.